The van der Waals surface area contributed by atoms with E-state index in [1.54, 1.807) is 0 Å². The Hall–Kier alpha value is -1.83. The van der Waals surface area contributed by atoms with Crippen LogP contribution in [0.2, 0.25) is 0 Å². The summed E-state index contributed by atoms with van der Waals surface area (Å²) < 4.78 is 40.0. The van der Waals surface area contributed by atoms with Crippen molar-refractivity contribution >= 4 is 10.0 Å². The molecule has 0 spiro atoms. The molecule has 0 aliphatic carbocycles. The molecule has 1 aromatic heterocycles. The number of nitrogens with one attached hydrogen (secondary N) is 1. The van der Waals surface area contributed by atoms with Gasteiger partial charge in [-0.3, -0.25) is 0 Å². The van der Waals surface area contributed by atoms with E-state index >= 15 is 0 Å². The van der Waals surface area contributed by atoms with Gasteiger partial charge in [0, 0.05) is 12.2 Å². The highest BCUT2D eigenvalue weighted by Crippen LogP contribution is 2.12. The van der Waals surface area contributed by atoms with Gasteiger partial charge in [-0.25, -0.2) is 22.5 Å². The van der Waals surface area contributed by atoms with Crippen molar-refractivity contribution in [3.8, 4) is 0 Å². The quantitative estimate of drug-likeness (QED) is 0.837. The molecule has 2 N–H and O–H groups in total. The smallest absolute Gasteiger partial charge is 0.261 e. The van der Waals surface area contributed by atoms with Crippen LogP contribution in [0.4, 0.5) is 4.39 Å². The van der Waals surface area contributed by atoms with Crippen molar-refractivity contribution in [3.05, 3.63) is 60.0 Å². The van der Waals surface area contributed by atoms with E-state index in [2.05, 4.69) is 9.71 Å². The minimum absolute atomic E-state index is 0.297. The van der Waals surface area contributed by atoms with Crippen molar-refractivity contribution in [2.24, 2.45) is 0 Å². The fraction of sp³-hybridized carbons (Fsp3) is 0.214. The van der Waals surface area contributed by atoms with Gasteiger partial charge in [0.2, 0.25) is 5.03 Å². The molecule has 0 aliphatic heterocycles. The number of aliphatic hydroxyl groups is 1. The zero-order chi connectivity index (χ0) is 15.3. The van der Waals surface area contributed by atoms with Gasteiger partial charge in [0.1, 0.15) is 0 Å². The summed E-state index contributed by atoms with van der Waals surface area (Å²) in [7, 11) is -4.12. The first-order valence-electron chi connectivity index (χ1n) is 6.30. The maximum Gasteiger partial charge on any atom is 0.261 e. The first kappa shape index (κ1) is 15.6. The molecule has 2 aromatic rings. The van der Waals surface area contributed by atoms with Crippen molar-refractivity contribution in [2.45, 2.75) is 17.5 Å². The van der Waals surface area contributed by atoms with Gasteiger partial charge in [-0.05, 0) is 24.1 Å². The Morgan fingerprint density at radius 2 is 1.90 bits per heavy atom. The normalized spacial score (nSPS) is 13.0. The molecule has 0 saturated heterocycles. The first-order valence-corrected chi connectivity index (χ1v) is 7.79. The van der Waals surface area contributed by atoms with Crippen LogP contribution >= 0.6 is 0 Å². The molecule has 112 valence electrons. The summed E-state index contributed by atoms with van der Waals surface area (Å²) in [5.41, 5.74) is 0.862. The van der Waals surface area contributed by atoms with Gasteiger partial charge >= 0.3 is 0 Å². The molecule has 7 heteroatoms. The van der Waals surface area contributed by atoms with Crippen LogP contribution < -0.4 is 4.72 Å². The van der Waals surface area contributed by atoms with Gasteiger partial charge in [0.25, 0.3) is 10.0 Å². The third-order valence-corrected chi connectivity index (χ3v) is 4.30. The highest BCUT2D eigenvalue weighted by atomic mass is 32.2. The van der Waals surface area contributed by atoms with Crippen LogP contribution in [0, 0.1) is 5.82 Å². The van der Waals surface area contributed by atoms with Crippen LogP contribution in [0.5, 0.6) is 0 Å². The van der Waals surface area contributed by atoms with Gasteiger partial charge in [-0.2, -0.15) is 0 Å². The first-order chi connectivity index (χ1) is 10.0. The zero-order valence-corrected chi connectivity index (χ0v) is 11.9. The lowest BCUT2D eigenvalue weighted by Crippen LogP contribution is -2.39. The number of benzene rings is 1. The molecule has 1 unspecified atom stereocenters. The van der Waals surface area contributed by atoms with Gasteiger partial charge in [0.05, 0.1) is 6.61 Å². The fourth-order valence-electron chi connectivity index (χ4n) is 1.89. The predicted octanol–water partition coefficient (Wildman–Crippen LogP) is 1.10. The molecule has 0 radical (unpaired) electrons. The van der Waals surface area contributed by atoms with Gasteiger partial charge in [-0.1, -0.05) is 30.3 Å². The second kappa shape index (κ2) is 6.75. The SMILES string of the molecule is O=S(=O)(NC(CO)Cc1ccccc1)c1ncccc1F. The third-order valence-electron chi connectivity index (χ3n) is 2.85. The van der Waals surface area contributed by atoms with E-state index in [0.717, 1.165) is 11.6 Å². The number of aliphatic hydroxyl groups excluding tert-OH is 1. The number of aromatic nitrogens is 1. The average molecular weight is 310 g/mol. The minimum atomic E-state index is -4.12. The average Bonchev–Trinajstić information content (AvgIpc) is 2.47. The maximum absolute atomic E-state index is 13.5. The van der Waals surface area contributed by atoms with Crippen LogP contribution in [-0.4, -0.2) is 31.2 Å². The Kier molecular flexibility index (Phi) is 5.00. The van der Waals surface area contributed by atoms with Crippen molar-refractivity contribution < 1.29 is 17.9 Å². The Labute approximate surface area is 122 Å². The number of hydrogen-bond donors (Lipinski definition) is 2. The van der Waals surface area contributed by atoms with E-state index in [-0.39, 0.29) is 0 Å². The number of hydrogen-bond acceptors (Lipinski definition) is 4. The Morgan fingerprint density at radius 1 is 1.19 bits per heavy atom. The molecule has 0 saturated carbocycles. The molecule has 0 fully saturated rings. The van der Waals surface area contributed by atoms with Crippen LogP contribution in [0.25, 0.3) is 0 Å². The van der Waals surface area contributed by atoms with E-state index in [9.17, 15) is 17.9 Å². The van der Waals surface area contributed by atoms with Crippen molar-refractivity contribution in [2.75, 3.05) is 6.61 Å². The number of rotatable bonds is 6. The van der Waals surface area contributed by atoms with E-state index in [4.69, 9.17) is 0 Å². The highest BCUT2D eigenvalue weighted by Gasteiger charge is 2.24. The molecule has 0 aliphatic rings. The van der Waals surface area contributed by atoms with E-state index in [1.165, 1.54) is 12.3 Å². The molecule has 0 bridgehead atoms. The Bertz CT molecular complexity index is 692. The van der Waals surface area contributed by atoms with Crippen LogP contribution in [0.15, 0.2) is 53.7 Å². The summed E-state index contributed by atoms with van der Waals surface area (Å²) in [6.07, 6.45) is 1.49. The maximum atomic E-state index is 13.5. The van der Waals surface area contributed by atoms with E-state index < -0.39 is 33.5 Å². The lowest BCUT2D eigenvalue weighted by molar-refractivity contribution is 0.256. The molecule has 5 nitrogen and oxygen atoms in total. The lowest BCUT2D eigenvalue weighted by atomic mass is 10.1. The van der Waals surface area contributed by atoms with Gasteiger partial charge in [-0.15, -0.1) is 0 Å². The molecule has 1 atom stereocenters. The predicted molar refractivity (Wildman–Crippen MR) is 75.5 cm³/mol. The largest absolute Gasteiger partial charge is 0.395 e. The minimum Gasteiger partial charge on any atom is -0.395 e. The molecular weight excluding hydrogens is 295 g/mol. The Morgan fingerprint density at radius 3 is 2.52 bits per heavy atom. The number of sulfonamides is 1. The number of halogens is 1. The zero-order valence-electron chi connectivity index (χ0n) is 11.1. The molecule has 2 rings (SSSR count). The molecular formula is C14H15FN2O3S. The fourth-order valence-corrected chi connectivity index (χ4v) is 3.12. The number of pyridine rings is 1. The molecule has 0 amide bonds. The standard InChI is InChI=1S/C14H15FN2O3S/c15-13-7-4-8-16-14(13)21(19,20)17-12(10-18)9-11-5-2-1-3-6-11/h1-8,12,17-18H,9-10H2. The van der Waals surface area contributed by atoms with Crippen molar-refractivity contribution in [3.63, 3.8) is 0 Å². The van der Waals surface area contributed by atoms with Crippen molar-refractivity contribution in [1.29, 1.82) is 0 Å². The molecule has 1 heterocycles. The van der Waals surface area contributed by atoms with Crippen LogP contribution in [0.3, 0.4) is 0 Å². The topological polar surface area (TPSA) is 79.3 Å². The van der Waals surface area contributed by atoms with E-state index in [0.29, 0.717) is 6.42 Å². The Balaban J connectivity index is 2.16. The number of nitrogens with zero attached hydrogens (tertiary/aromatic N) is 1. The summed E-state index contributed by atoms with van der Waals surface area (Å²) in [6, 6.07) is 10.7. The molecule has 21 heavy (non-hydrogen) atoms. The summed E-state index contributed by atoms with van der Waals surface area (Å²) in [5, 5.41) is 8.66. The monoisotopic (exact) mass is 310 g/mol. The highest BCUT2D eigenvalue weighted by molar-refractivity contribution is 7.89. The van der Waals surface area contributed by atoms with Crippen molar-refractivity contribution in [1.82, 2.24) is 9.71 Å². The summed E-state index contributed by atoms with van der Waals surface area (Å²) in [6.45, 7) is -0.400. The summed E-state index contributed by atoms with van der Waals surface area (Å²) in [4.78, 5) is 3.54. The second-order valence-electron chi connectivity index (χ2n) is 4.48. The summed E-state index contributed by atoms with van der Waals surface area (Å²) >= 11 is 0. The third kappa shape index (κ3) is 4.07. The molecule has 1 aromatic carbocycles. The van der Waals surface area contributed by atoms with Gasteiger partial charge in [0.15, 0.2) is 5.82 Å². The van der Waals surface area contributed by atoms with Gasteiger partial charge < -0.3 is 5.11 Å². The second-order valence-corrected chi connectivity index (χ2v) is 6.11. The van der Waals surface area contributed by atoms with E-state index in [1.807, 2.05) is 30.3 Å². The van der Waals surface area contributed by atoms with Crippen LogP contribution in [0.1, 0.15) is 5.56 Å². The van der Waals surface area contributed by atoms with Crippen LogP contribution in [-0.2, 0) is 16.4 Å². The lowest BCUT2D eigenvalue weighted by Gasteiger charge is -2.16. The summed E-state index contributed by atoms with van der Waals surface area (Å²) in [5.74, 6) is -0.929.